The van der Waals surface area contributed by atoms with Gasteiger partial charge in [-0.3, -0.25) is 0 Å². The monoisotopic (exact) mass is 385 g/mol. The van der Waals surface area contributed by atoms with Crippen LogP contribution in [0.5, 0.6) is 0 Å². The molecule has 158 valence electrons. The minimum atomic E-state index is -0.438. The summed E-state index contributed by atoms with van der Waals surface area (Å²) >= 11 is 0. The van der Waals surface area contributed by atoms with Crippen molar-refractivity contribution in [3.8, 4) is 0 Å². The first kappa shape index (κ1) is 19.5. The molecule has 5 rings (SSSR count). The van der Waals surface area contributed by atoms with E-state index in [0.29, 0.717) is 5.41 Å². The summed E-state index contributed by atoms with van der Waals surface area (Å²) in [7, 11) is 0. The van der Waals surface area contributed by atoms with E-state index in [1.165, 1.54) is 83.7 Å². The number of aliphatic hydroxyl groups is 1. The molecule has 4 saturated carbocycles. The highest BCUT2D eigenvalue weighted by Gasteiger charge is 2.63. The number of nitrogens with zero attached hydrogens (tertiary/aromatic N) is 1. The van der Waals surface area contributed by atoms with Crippen molar-refractivity contribution in [1.29, 1.82) is 0 Å². The fourth-order valence-corrected chi connectivity index (χ4v) is 8.88. The SMILES string of the molecule is C[C@]12CC(=CN3CCCCC3)CC[C@@H]1CC[C@@H]1[C@@H]2CC[C@@]2(C)[C@H]1CC[C@]2(C)O. The average Bonchev–Trinajstić information content (AvgIpc) is 2.91. The predicted octanol–water partition coefficient (Wildman–Crippen LogP) is 6.15. The molecular weight excluding hydrogens is 342 g/mol. The fourth-order valence-electron chi connectivity index (χ4n) is 8.88. The molecule has 0 radical (unpaired) electrons. The minimum absolute atomic E-state index is 0.165. The molecular formula is C26H43NO. The van der Waals surface area contributed by atoms with E-state index in [2.05, 4.69) is 31.9 Å². The van der Waals surface area contributed by atoms with Crippen molar-refractivity contribution >= 4 is 0 Å². The van der Waals surface area contributed by atoms with Crippen molar-refractivity contribution in [3.05, 3.63) is 11.8 Å². The summed E-state index contributed by atoms with van der Waals surface area (Å²) in [4.78, 5) is 2.63. The molecule has 1 aliphatic heterocycles. The zero-order valence-corrected chi connectivity index (χ0v) is 18.7. The molecule has 28 heavy (non-hydrogen) atoms. The van der Waals surface area contributed by atoms with Crippen molar-refractivity contribution in [2.45, 2.75) is 103 Å². The van der Waals surface area contributed by atoms with E-state index in [1.54, 1.807) is 5.57 Å². The Morgan fingerprint density at radius 2 is 1.64 bits per heavy atom. The van der Waals surface area contributed by atoms with Crippen LogP contribution in [0.2, 0.25) is 0 Å². The third kappa shape index (κ3) is 2.83. The zero-order chi connectivity index (χ0) is 19.6. The quantitative estimate of drug-likeness (QED) is 0.585. The van der Waals surface area contributed by atoms with Crippen LogP contribution in [-0.2, 0) is 0 Å². The zero-order valence-electron chi connectivity index (χ0n) is 18.7. The van der Waals surface area contributed by atoms with Gasteiger partial charge in [0.05, 0.1) is 5.60 Å². The van der Waals surface area contributed by atoms with Crippen LogP contribution < -0.4 is 0 Å². The van der Waals surface area contributed by atoms with Crippen LogP contribution >= 0.6 is 0 Å². The summed E-state index contributed by atoms with van der Waals surface area (Å²) in [5.41, 5.74) is 2.00. The lowest BCUT2D eigenvalue weighted by atomic mass is 9.44. The van der Waals surface area contributed by atoms with Gasteiger partial charge in [-0.1, -0.05) is 19.4 Å². The second kappa shape index (κ2) is 6.76. The molecule has 1 heterocycles. The van der Waals surface area contributed by atoms with Gasteiger partial charge in [0, 0.05) is 13.1 Å². The summed E-state index contributed by atoms with van der Waals surface area (Å²) < 4.78 is 0. The summed E-state index contributed by atoms with van der Waals surface area (Å²) in [6.45, 7) is 9.81. The molecule has 0 aromatic rings. The third-order valence-electron chi connectivity index (χ3n) is 10.8. The second-order valence-electron chi connectivity index (χ2n) is 12.0. The number of hydrogen-bond donors (Lipinski definition) is 1. The number of likely N-dealkylation sites (tertiary alicyclic amines) is 1. The van der Waals surface area contributed by atoms with Gasteiger partial charge in [-0.2, -0.15) is 0 Å². The lowest BCUT2D eigenvalue weighted by molar-refractivity contribution is -0.141. The molecule has 7 atom stereocenters. The normalized spacial score (nSPS) is 52.9. The van der Waals surface area contributed by atoms with Gasteiger partial charge >= 0.3 is 0 Å². The molecule has 0 amide bonds. The first-order chi connectivity index (χ1) is 13.3. The van der Waals surface area contributed by atoms with E-state index in [0.717, 1.165) is 30.1 Å². The molecule has 0 aromatic heterocycles. The average molecular weight is 386 g/mol. The number of piperidine rings is 1. The maximum Gasteiger partial charge on any atom is 0.0675 e. The molecule has 1 saturated heterocycles. The van der Waals surface area contributed by atoms with Gasteiger partial charge in [0.2, 0.25) is 0 Å². The smallest absolute Gasteiger partial charge is 0.0675 e. The lowest BCUT2D eigenvalue weighted by Gasteiger charge is -2.61. The predicted molar refractivity (Wildman–Crippen MR) is 116 cm³/mol. The molecule has 0 unspecified atom stereocenters. The molecule has 2 nitrogen and oxygen atoms in total. The molecule has 5 aliphatic rings. The van der Waals surface area contributed by atoms with Crippen LogP contribution in [0.4, 0.5) is 0 Å². The number of hydrogen-bond acceptors (Lipinski definition) is 2. The van der Waals surface area contributed by atoms with Crippen LogP contribution in [0.1, 0.15) is 97.8 Å². The third-order valence-corrected chi connectivity index (χ3v) is 10.8. The number of allylic oxidation sites excluding steroid dienone is 1. The van der Waals surface area contributed by atoms with Gasteiger partial charge in [-0.05, 0) is 125 Å². The summed E-state index contributed by atoms with van der Waals surface area (Å²) in [5.74, 6) is 3.46. The van der Waals surface area contributed by atoms with E-state index < -0.39 is 5.60 Å². The standard InChI is InChI=1S/C26H43NO/c1-24-17-19(18-27-15-5-4-6-16-27)7-8-20(24)9-10-21-22(24)11-13-25(2)23(21)12-14-26(25,3)28/h18,20-23,28H,4-17H2,1-3H3/t20-,21-,22+,23+,24+,25+,26+/m1/s1. The largest absolute Gasteiger partial charge is 0.390 e. The number of rotatable bonds is 1. The van der Waals surface area contributed by atoms with E-state index in [1.807, 2.05) is 0 Å². The first-order valence-electron chi connectivity index (χ1n) is 12.5. The number of fused-ring (bicyclic) bond motifs is 5. The Balaban J connectivity index is 1.38. The minimum Gasteiger partial charge on any atom is -0.390 e. The lowest BCUT2D eigenvalue weighted by Crippen LogP contribution is -2.55. The van der Waals surface area contributed by atoms with Gasteiger partial charge in [0.1, 0.15) is 0 Å². The molecule has 0 spiro atoms. The van der Waals surface area contributed by atoms with Crippen LogP contribution in [0.25, 0.3) is 0 Å². The molecule has 0 bridgehead atoms. The summed E-state index contributed by atoms with van der Waals surface area (Å²) in [6, 6.07) is 0. The highest BCUT2D eigenvalue weighted by molar-refractivity contribution is 5.17. The first-order valence-corrected chi connectivity index (χ1v) is 12.5. The molecule has 2 heteroatoms. The van der Waals surface area contributed by atoms with E-state index >= 15 is 0 Å². The van der Waals surface area contributed by atoms with Crippen molar-refractivity contribution in [2.24, 2.45) is 34.5 Å². The van der Waals surface area contributed by atoms with Gasteiger partial charge in [-0.25, -0.2) is 0 Å². The van der Waals surface area contributed by atoms with Crippen molar-refractivity contribution in [1.82, 2.24) is 4.90 Å². The Hall–Kier alpha value is -0.500. The van der Waals surface area contributed by atoms with Crippen molar-refractivity contribution in [3.63, 3.8) is 0 Å². The Morgan fingerprint density at radius 1 is 0.893 bits per heavy atom. The summed E-state index contributed by atoms with van der Waals surface area (Å²) in [5, 5.41) is 11.1. The van der Waals surface area contributed by atoms with Gasteiger partial charge in [0.15, 0.2) is 0 Å². The van der Waals surface area contributed by atoms with E-state index in [4.69, 9.17) is 0 Å². The van der Waals surface area contributed by atoms with Crippen LogP contribution in [0, 0.1) is 34.5 Å². The Bertz CT molecular complexity index is 632. The van der Waals surface area contributed by atoms with Crippen LogP contribution in [-0.4, -0.2) is 28.7 Å². The molecule has 5 fully saturated rings. The van der Waals surface area contributed by atoms with Crippen molar-refractivity contribution < 1.29 is 5.11 Å². The fraction of sp³-hybridized carbons (Fsp3) is 0.923. The van der Waals surface area contributed by atoms with Gasteiger partial charge in [0.25, 0.3) is 0 Å². The van der Waals surface area contributed by atoms with Gasteiger partial charge in [-0.15, -0.1) is 0 Å². The maximum atomic E-state index is 11.1. The van der Waals surface area contributed by atoms with E-state index in [9.17, 15) is 5.11 Å². The Labute approximate surface area is 173 Å². The molecule has 4 aliphatic carbocycles. The Kier molecular flexibility index (Phi) is 4.70. The summed E-state index contributed by atoms with van der Waals surface area (Å²) in [6.07, 6.45) is 18.7. The highest BCUT2D eigenvalue weighted by Crippen LogP contribution is 2.68. The van der Waals surface area contributed by atoms with Crippen LogP contribution in [0.15, 0.2) is 11.8 Å². The maximum absolute atomic E-state index is 11.1. The van der Waals surface area contributed by atoms with Crippen LogP contribution in [0.3, 0.4) is 0 Å². The molecule has 1 N–H and O–H groups in total. The van der Waals surface area contributed by atoms with Crippen molar-refractivity contribution in [2.75, 3.05) is 13.1 Å². The highest BCUT2D eigenvalue weighted by atomic mass is 16.3. The Morgan fingerprint density at radius 3 is 2.43 bits per heavy atom. The second-order valence-corrected chi connectivity index (χ2v) is 12.0. The molecule has 0 aromatic carbocycles. The topological polar surface area (TPSA) is 23.5 Å². The van der Waals surface area contributed by atoms with E-state index in [-0.39, 0.29) is 5.41 Å². The van der Waals surface area contributed by atoms with Gasteiger partial charge < -0.3 is 10.0 Å².